The monoisotopic (exact) mass is 512 g/mol. The van der Waals surface area contributed by atoms with Gasteiger partial charge in [-0.15, -0.1) is 0 Å². The number of carbonyl (C=O) groups is 2. The summed E-state index contributed by atoms with van der Waals surface area (Å²) in [7, 11) is 1.41. The van der Waals surface area contributed by atoms with Crippen LogP contribution in [0.15, 0.2) is 46.6 Å². The number of aryl methyl sites for hydroxylation is 1. The Hall–Kier alpha value is -4.62. The molecule has 4 rings (SSSR count). The van der Waals surface area contributed by atoms with E-state index in [-0.39, 0.29) is 22.8 Å². The number of hydrogen-bond donors (Lipinski definition) is 1. The molecule has 0 radical (unpaired) electrons. The Bertz CT molecular complexity index is 1630. The summed E-state index contributed by atoms with van der Waals surface area (Å²) in [5, 5.41) is 2.60. The Kier molecular flexibility index (Phi) is 6.50. The minimum Gasteiger partial charge on any atom is -0.312 e. The molecule has 0 saturated carbocycles. The molecule has 0 fully saturated rings. The van der Waals surface area contributed by atoms with E-state index in [0.717, 1.165) is 16.1 Å². The summed E-state index contributed by atoms with van der Waals surface area (Å²) >= 11 is 0. The van der Waals surface area contributed by atoms with Crippen molar-refractivity contribution >= 4 is 28.7 Å². The highest BCUT2D eigenvalue weighted by Gasteiger charge is 2.26. The van der Waals surface area contributed by atoms with Crippen LogP contribution in [0, 0.1) is 0 Å². The van der Waals surface area contributed by atoms with Crippen molar-refractivity contribution in [3.05, 3.63) is 63.6 Å². The molecule has 37 heavy (non-hydrogen) atoms. The number of anilines is 1. The number of aromatic nitrogens is 7. The Morgan fingerprint density at radius 2 is 1.86 bits per heavy atom. The molecule has 0 saturated heterocycles. The van der Waals surface area contributed by atoms with Crippen LogP contribution in [0.3, 0.4) is 0 Å². The first-order chi connectivity index (χ1) is 17.4. The standard InChI is InChI=1S/C23H22F2N8O4/c1-12(34)10-32-21(36)18-19(31(4)22(32)37)28-11-33(18)13(2)20(35)30-17-9-26-8-15(29-17)14-5-6-16(27-7-14)23(3,24)25/h5-9,11,13H,10H2,1-4H3,(H,29,30,35)/t13-/m0/s1. The van der Waals surface area contributed by atoms with Crippen molar-refractivity contribution in [1.82, 2.24) is 33.6 Å². The van der Waals surface area contributed by atoms with Gasteiger partial charge < -0.3 is 9.88 Å². The zero-order valence-corrected chi connectivity index (χ0v) is 20.3. The zero-order valence-electron chi connectivity index (χ0n) is 20.3. The number of amides is 1. The van der Waals surface area contributed by atoms with E-state index < -0.39 is 41.4 Å². The van der Waals surface area contributed by atoms with Gasteiger partial charge >= 0.3 is 5.69 Å². The van der Waals surface area contributed by atoms with Crippen molar-refractivity contribution in [1.29, 1.82) is 0 Å². The topological polar surface area (TPSA) is 147 Å². The van der Waals surface area contributed by atoms with Gasteiger partial charge in [0.1, 0.15) is 17.5 Å². The minimum absolute atomic E-state index is 0.0234. The molecule has 1 atom stereocenters. The molecule has 192 valence electrons. The van der Waals surface area contributed by atoms with Crippen molar-refractivity contribution in [2.24, 2.45) is 7.05 Å². The number of pyridine rings is 1. The van der Waals surface area contributed by atoms with Crippen LogP contribution in [-0.4, -0.2) is 45.3 Å². The number of fused-ring (bicyclic) bond motifs is 1. The Morgan fingerprint density at radius 3 is 2.49 bits per heavy atom. The second-order valence-electron chi connectivity index (χ2n) is 8.53. The van der Waals surface area contributed by atoms with Gasteiger partial charge in [0, 0.05) is 25.7 Å². The fourth-order valence-corrected chi connectivity index (χ4v) is 3.67. The van der Waals surface area contributed by atoms with E-state index in [0.29, 0.717) is 11.3 Å². The minimum atomic E-state index is -3.09. The van der Waals surface area contributed by atoms with Crippen LogP contribution in [-0.2, 0) is 29.1 Å². The summed E-state index contributed by atoms with van der Waals surface area (Å²) in [6.07, 6.45) is 5.18. The number of alkyl halides is 2. The van der Waals surface area contributed by atoms with Crippen LogP contribution < -0.4 is 16.6 Å². The number of halogens is 2. The van der Waals surface area contributed by atoms with Gasteiger partial charge in [-0.2, -0.15) is 8.78 Å². The van der Waals surface area contributed by atoms with E-state index >= 15 is 0 Å². The van der Waals surface area contributed by atoms with Crippen molar-refractivity contribution in [2.75, 3.05) is 5.32 Å². The summed E-state index contributed by atoms with van der Waals surface area (Å²) in [5.74, 6) is -3.97. The molecule has 0 aliphatic heterocycles. The van der Waals surface area contributed by atoms with Gasteiger partial charge in [-0.1, -0.05) is 0 Å². The number of ketones is 1. The lowest BCUT2D eigenvalue weighted by Crippen LogP contribution is -2.41. The molecular formula is C23H22F2N8O4. The number of rotatable bonds is 7. The van der Waals surface area contributed by atoms with Gasteiger partial charge in [-0.25, -0.2) is 14.8 Å². The normalized spacial score (nSPS) is 12.5. The number of hydrogen-bond acceptors (Lipinski definition) is 8. The molecule has 1 amide bonds. The van der Waals surface area contributed by atoms with Crippen molar-refractivity contribution in [3.63, 3.8) is 0 Å². The SMILES string of the molecule is CC(=O)Cn1c(=O)c2c(ncn2[C@@H](C)C(=O)Nc2cncc(-c3ccc(C(C)(F)F)nc3)n2)n(C)c1=O. The molecule has 0 aliphatic rings. The molecule has 1 N–H and O–H groups in total. The van der Waals surface area contributed by atoms with Gasteiger partial charge in [-0.3, -0.25) is 33.5 Å². The van der Waals surface area contributed by atoms with Crippen LogP contribution in [0.4, 0.5) is 14.6 Å². The smallest absolute Gasteiger partial charge is 0.312 e. The third-order valence-electron chi connectivity index (χ3n) is 5.63. The number of carbonyl (C=O) groups excluding carboxylic acids is 2. The molecule has 4 aromatic rings. The summed E-state index contributed by atoms with van der Waals surface area (Å²) in [6.45, 7) is 3.10. The molecule has 14 heteroatoms. The van der Waals surface area contributed by atoms with Crippen LogP contribution in [0.5, 0.6) is 0 Å². The Labute approximate surface area is 207 Å². The fourth-order valence-electron chi connectivity index (χ4n) is 3.67. The lowest BCUT2D eigenvalue weighted by atomic mass is 10.1. The molecule has 0 bridgehead atoms. The highest BCUT2D eigenvalue weighted by atomic mass is 19.3. The van der Waals surface area contributed by atoms with Crippen LogP contribution in [0.1, 0.15) is 32.5 Å². The molecule has 0 spiro atoms. The third-order valence-corrected chi connectivity index (χ3v) is 5.63. The van der Waals surface area contributed by atoms with E-state index in [2.05, 4.69) is 25.3 Å². The molecule has 0 unspecified atom stereocenters. The van der Waals surface area contributed by atoms with Gasteiger partial charge in [0.2, 0.25) is 5.91 Å². The summed E-state index contributed by atoms with van der Waals surface area (Å²) in [6, 6.07) is 1.63. The predicted octanol–water partition coefficient (Wildman–Crippen LogP) is 1.65. The average Bonchev–Trinajstić information content (AvgIpc) is 3.30. The molecule has 4 aromatic heterocycles. The number of nitrogens with one attached hydrogen (secondary N) is 1. The molecule has 0 aromatic carbocycles. The first-order valence-electron chi connectivity index (χ1n) is 11.0. The third kappa shape index (κ3) is 4.90. The summed E-state index contributed by atoms with van der Waals surface area (Å²) < 4.78 is 30.1. The highest BCUT2D eigenvalue weighted by Crippen LogP contribution is 2.26. The molecular weight excluding hydrogens is 490 g/mol. The molecule has 4 heterocycles. The first kappa shape index (κ1) is 25.5. The maximum Gasteiger partial charge on any atom is 0.332 e. The van der Waals surface area contributed by atoms with E-state index in [9.17, 15) is 28.0 Å². The second-order valence-corrected chi connectivity index (χ2v) is 8.53. The summed E-state index contributed by atoms with van der Waals surface area (Å²) in [5.41, 5.74) is -1.10. The zero-order chi connectivity index (χ0) is 27.1. The second kappa shape index (κ2) is 9.44. The number of Topliss-reactive ketones (excluding diaryl/α,β-unsaturated/α-hetero) is 1. The number of nitrogens with zero attached hydrogens (tertiary/aromatic N) is 7. The van der Waals surface area contributed by atoms with E-state index in [1.807, 2.05) is 0 Å². The van der Waals surface area contributed by atoms with Crippen molar-refractivity contribution in [2.45, 2.75) is 39.3 Å². The lowest BCUT2D eigenvalue weighted by molar-refractivity contribution is -0.119. The Morgan fingerprint density at radius 1 is 1.14 bits per heavy atom. The maximum atomic E-state index is 13.4. The number of imidazole rings is 1. The predicted molar refractivity (Wildman–Crippen MR) is 128 cm³/mol. The quantitative estimate of drug-likeness (QED) is 0.393. The molecule has 12 nitrogen and oxygen atoms in total. The van der Waals surface area contributed by atoms with Gasteiger partial charge in [-0.05, 0) is 26.0 Å². The first-order valence-corrected chi connectivity index (χ1v) is 11.0. The van der Waals surface area contributed by atoms with Gasteiger partial charge in [0.05, 0.1) is 31.0 Å². The van der Waals surface area contributed by atoms with Crippen LogP contribution in [0.2, 0.25) is 0 Å². The van der Waals surface area contributed by atoms with Gasteiger partial charge in [0.15, 0.2) is 17.0 Å². The lowest BCUT2D eigenvalue weighted by Gasteiger charge is -2.15. The van der Waals surface area contributed by atoms with Crippen molar-refractivity contribution in [3.8, 4) is 11.3 Å². The highest BCUT2D eigenvalue weighted by molar-refractivity contribution is 5.93. The van der Waals surface area contributed by atoms with Crippen LogP contribution >= 0.6 is 0 Å². The van der Waals surface area contributed by atoms with Crippen molar-refractivity contribution < 1.29 is 18.4 Å². The molecule has 0 aliphatic carbocycles. The average molecular weight is 512 g/mol. The van der Waals surface area contributed by atoms with Gasteiger partial charge in [0.25, 0.3) is 11.5 Å². The van der Waals surface area contributed by atoms with E-state index in [1.165, 1.54) is 62.5 Å². The Balaban J connectivity index is 1.63. The van der Waals surface area contributed by atoms with Crippen LogP contribution in [0.25, 0.3) is 22.4 Å². The summed E-state index contributed by atoms with van der Waals surface area (Å²) in [4.78, 5) is 66.3. The largest absolute Gasteiger partial charge is 0.332 e. The maximum absolute atomic E-state index is 13.4. The fraction of sp³-hybridized carbons (Fsp3) is 0.304. The van der Waals surface area contributed by atoms with E-state index in [1.54, 1.807) is 0 Å². The van der Waals surface area contributed by atoms with E-state index in [4.69, 9.17) is 0 Å².